The van der Waals surface area contributed by atoms with E-state index in [1.54, 1.807) is 11.3 Å². The fraction of sp³-hybridized carbons (Fsp3) is 0.688. The standard InChI is InChI=1S/C16H26N4S/c1-12(10-19-6-4-5-7-19)8-17-9-15-14(3)18-16-20(15)13(2)11-21-16/h11-12,17H,4-10H2,1-3H3. The van der Waals surface area contributed by atoms with Crippen molar-refractivity contribution < 1.29 is 0 Å². The largest absolute Gasteiger partial charge is 0.311 e. The van der Waals surface area contributed by atoms with Crippen LogP contribution in [0.2, 0.25) is 0 Å². The van der Waals surface area contributed by atoms with Crippen molar-refractivity contribution in [3.05, 3.63) is 22.5 Å². The van der Waals surface area contributed by atoms with Crippen LogP contribution in [-0.2, 0) is 6.54 Å². The molecule has 21 heavy (non-hydrogen) atoms. The van der Waals surface area contributed by atoms with E-state index in [2.05, 4.69) is 45.8 Å². The van der Waals surface area contributed by atoms with Crippen LogP contribution in [0.3, 0.4) is 0 Å². The molecular weight excluding hydrogens is 280 g/mol. The molecule has 2 aromatic heterocycles. The van der Waals surface area contributed by atoms with Gasteiger partial charge in [-0.25, -0.2) is 4.98 Å². The Labute approximate surface area is 131 Å². The summed E-state index contributed by atoms with van der Waals surface area (Å²) in [5.41, 5.74) is 3.76. The number of rotatable bonds is 6. The van der Waals surface area contributed by atoms with Crippen molar-refractivity contribution in [3.8, 4) is 0 Å². The van der Waals surface area contributed by atoms with Gasteiger partial charge in [0.2, 0.25) is 0 Å². The zero-order valence-electron chi connectivity index (χ0n) is 13.4. The number of aryl methyl sites for hydroxylation is 2. The molecule has 0 bridgehead atoms. The van der Waals surface area contributed by atoms with Crippen molar-refractivity contribution in [2.45, 2.75) is 40.2 Å². The summed E-state index contributed by atoms with van der Waals surface area (Å²) in [6, 6.07) is 0. The first kappa shape index (κ1) is 15.0. The van der Waals surface area contributed by atoms with Gasteiger partial charge in [-0.3, -0.25) is 4.40 Å². The van der Waals surface area contributed by atoms with Gasteiger partial charge in [-0.1, -0.05) is 6.92 Å². The lowest BCUT2D eigenvalue weighted by atomic mass is 10.1. The third-order valence-corrected chi connectivity index (χ3v) is 5.33. The lowest BCUT2D eigenvalue weighted by Crippen LogP contribution is -2.31. The van der Waals surface area contributed by atoms with Crippen LogP contribution in [0.5, 0.6) is 0 Å². The number of hydrogen-bond acceptors (Lipinski definition) is 4. The fourth-order valence-corrected chi connectivity index (χ4v) is 4.21. The molecule has 0 radical (unpaired) electrons. The van der Waals surface area contributed by atoms with Gasteiger partial charge in [0.15, 0.2) is 4.96 Å². The zero-order chi connectivity index (χ0) is 14.8. The summed E-state index contributed by atoms with van der Waals surface area (Å²) in [5.74, 6) is 0.704. The molecule has 2 aromatic rings. The van der Waals surface area contributed by atoms with Crippen molar-refractivity contribution in [1.82, 2.24) is 19.6 Å². The molecule has 1 atom stereocenters. The van der Waals surface area contributed by atoms with E-state index < -0.39 is 0 Å². The Morgan fingerprint density at radius 3 is 2.86 bits per heavy atom. The summed E-state index contributed by atoms with van der Waals surface area (Å²) >= 11 is 1.73. The molecule has 0 amide bonds. The first-order valence-corrected chi connectivity index (χ1v) is 8.88. The zero-order valence-corrected chi connectivity index (χ0v) is 14.2. The number of imidazole rings is 1. The molecule has 3 heterocycles. The molecule has 1 saturated heterocycles. The van der Waals surface area contributed by atoms with Gasteiger partial charge in [-0.15, -0.1) is 11.3 Å². The highest BCUT2D eigenvalue weighted by atomic mass is 32.1. The Bertz CT molecular complexity index is 595. The monoisotopic (exact) mass is 306 g/mol. The Kier molecular flexibility index (Phi) is 4.62. The van der Waals surface area contributed by atoms with Gasteiger partial charge in [0.1, 0.15) is 0 Å². The molecule has 0 aliphatic carbocycles. The summed E-state index contributed by atoms with van der Waals surface area (Å²) < 4.78 is 2.29. The van der Waals surface area contributed by atoms with Crippen LogP contribution >= 0.6 is 11.3 Å². The van der Waals surface area contributed by atoms with Crippen molar-refractivity contribution in [3.63, 3.8) is 0 Å². The van der Waals surface area contributed by atoms with Gasteiger partial charge in [-0.05, 0) is 52.2 Å². The normalized spacial score (nSPS) is 17.9. The van der Waals surface area contributed by atoms with Crippen LogP contribution in [-0.4, -0.2) is 40.5 Å². The minimum absolute atomic E-state index is 0.704. The Morgan fingerprint density at radius 1 is 1.33 bits per heavy atom. The van der Waals surface area contributed by atoms with Crippen LogP contribution in [0, 0.1) is 19.8 Å². The third-order valence-electron chi connectivity index (χ3n) is 4.38. The minimum atomic E-state index is 0.704. The lowest BCUT2D eigenvalue weighted by Gasteiger charge is -2.20. The number of likely N-dealkylation sites (tertiary alicyclic amines) is 1. The molecular formula is C16H26N4S. The summed E-state index contributed by atoms with van der Waals surface area (Å²) in [5, 5.41) is 5.81. The first-order chi connectivity index (χ1) is 10.1. The maximum absolute atomic E-state index is 4.65. The van der Waals surface area contributed by atoms with E-state index in [1.165, 1.54) is 43.9 Å². The second-order valence-electron chi connectivity index (χ2n) is 6.38. The molecule has 4 nitrogen and oxygen atoms in total. The van der Waals surface area contributed by atoms with Crippen LogP contribution in [0.25, 0.3) is 4.96 Å². The Hall–Kier alpha value is -0.910. The van der Waals surface area contributed by atoms with E-state index >= 15 is 0 Å². The predicted octanol–water partition coefficient (Wildman–Crippen LogP) is 2.83. The van der Waals surface area contributed by atoms with Crippen LogP contribution < -0.4 is 5.32 Å². The predicted molar refractivity (Wildman–Crippen MR) is 89.1 cm³/mol. The van der Waals surface area contributed by atoms with E-state index in [-0.39, 0.29) is 0 Å². The topological polar surface area (TPSA) is 32.6 Å². The molecule has 116 valence electrons. The summed E-state index contributed by atoms with van der Waals surface area (Å²) in [6.07, 6.45) is 2.76. The van der Waals surface area contributed by atoms with Crippen LogP contribution in [0.15, 0.2) is 5.38 Å². The van der Waals surface area contributed by atoms with Gasteiger partial charge in [0.05, 0.1) is 11.4 Å². The highest BCUT2D eigenvalue weighted by Crippen LogP contribution is 2.20. The molecule has 1 unspecified atom stereocenters. The third kappa shape index (κ3) is 3.30. The number of hydrogen-bond donors (Lipinski definition) is 1. The van der Waals surface area contributed by atoms with E-state index in [9.17, 15) is 0 Å². The summed E-state index contributed by atoms with van der Waals surface area (Å²) in [4.78, 5) is 8.36. The molecule has 1 aliphatic rings. The number of thiazole rings is 1. The highest BCUT2D eigenvalue weighted by molar-refractivity contribution is 7.15. The summed E-state index contributed by atoms with van der Waals surface area (Å²) in [6.45, 7) is 12.4. The van der Waals surface area contributed by atoms with Gasteiger partial charge in [0.25, 0.3) is 0 Å². The van der Waals surface area contributed by atoms with Crippen LogP contribution in [0.1, 0.15) is 36.8 Å². The quantitative estimate of drug-likeness (QED) is 0.891. The maximum atomic E-state index is 4.65. The summed E-state index contributed by atoms with van der Waals surface area (Å²) in [7, 11) is 0. The van der Waals surface area contributed by atoms with Crippen molar-refractivity contribution in [1.29, 1.82) is 0 Å². The Balaban J connectivity index is 1.54. The average molecular weight is 306 g/mol. The molecule has 0 saturated carbocycles. The average Bonchev–Trinajstić information content (AvgIpc) is 3.12. The van der Waals surface area contributed by atoms with Crippen molar-refractivity contribution in [2.75, 3.05) is 26.2 Å². The second kappa shape index (κ2) is 6.46. The van der Waals surface area contributed by atoms with E-state index in [0.717, 1.165) is 23.7 Å². The smallest absolute Gasteiger partial charge is 0.194 e. The van der Waals surface area contributed by atoms with Gasteiger partial charge >= 0.3 is 0 Å². The van der Waals surface area contributed by atoms with E-state index in [4.69, 9.17) is 0 Å². The Morgan fingerprint density at radius 2 is 2.10 bits per heavy atom. The molecule has 5 heteroatoms. The molecule has 3 rings (SSSR count). The SMILES string of the molecule is Cc1nc2scc(C)n2c1CNCC(C)CN1CCCC1. The molecule has 1 N–H and O–H groups in total. The number of nitrogens with zero attached hydrogens (tertiary/aromatic N) is 3. The van der Waals surface area contributed by atoms with E-state index in [0.29, 0.717) is 5.92 Å². The van der Waals surface area contributed by atoms with Gasteiger partial charge in [0, 0.05) is 24.2 Å². The molecule has 0 spiro atoms. The second-order valence-corrected chi connectivity index (χ2v) is 7.22. The van der Waals surface area contributed by atoms with Crippen molar-refractivity contribution in [2.24, 2.45) is 5.92 Å². The van der Waals surface area contributed by atoms with Crippen molar-refractivity contribution >= 4 is 16.3 Å². The van der Waals surface area contributed by atoms with Crippen LogP contribution in [0.4, 0.5) is 0 Å². The van der Waals surface area contributed by atoms with Gasteiger partial charge in [-0.2, -0.15) is 0 Å². The number of fused-ring (bicyclic) bond motifs is 1. The fourth-order valence-electron chi connectivity index (χ4n) is 3.28. The minimum Gasteiger partial charge on any atom is -0.311 e. The number of nitrogens with one attached hydrogen (secondary N) is 1. The number of aromatic nitrogens is 2. The first-order valence-electron chi connectivity index (χ1n) is 8.00. The lowest BCUT2D eigenvalue weighted by molar-refractivity contribution is 0.282. The van der Waals surface area contributed by atoms with E-state index in [1.807, 2.05) is 0 Å². The maximum Gasteiger partial charge on any atom is 0.194 e. The highest BCUT2D eigenvalue weighted by Gasteiger charge is 2.15. The molecule has 1 aliphatic heterocycles. The van der Waals surface area contributed by atoms with Gasteiger partial charge < -0.3 is 10.2 Å². The molecule has 0 aromatic carbocycles. The molecule has 1 fully saturated rings.